The second-order valence-electron chi connectivity index (χ2n) is 3.22. The Morgan fingerprint density at radius 1 is 1.19 bits per heavy atom. The number of rotatable bonds is 1. The Morgan fingerprint density at radius 2 is 1.88 bits per heavy atom. The molecule has 0 saturated carbocycles. The van der Waals surface area contributed by atoms with Crippen LogP contribution in [0.3, 0.4) is 0 Å². The van der Waals surface area contributed by atoms with Gasteiger partial charge in [-0.25, -0.2) is 4.68 Å². The van der Waals surface area contributed by atoms with Crippen molar-refractivity contribution in [3.63, 3.8) is 0 Å². The van der Waals surface area contributed by atoms with Gasteiger partial charge in [0.25, 0.3) is 0 Å². The van der Waals surface area contributed by atoms with Crippen LogP contribution in [0.25, 0.3) is 5.69 Å². The first kappa shape index (κ1) is 14.6. The van der Waals surface area contributed by atoms with E-state index in [0.717, 1.165) is 11.3 Å². The Hall–Kier alpha value is -1.39. The molecule has 0 saturated heterocycles. The third-order valence-electron chi connectivity index (χ3n) is 2.17. The molecule has 2 aromatic rings. The van der Waals surface area contributed by atoms with Gasteiger partial charge in [-0.15, -0.1) is 24.8 Å². The molecule has 4 N–H and O–H groups in total. The maximum absolute atomic E-state index is 5.76. The van der Waals surface area contributed by atoms with E-state index in [1.807, 2.05) is 31.3 Å². The summed E-state index contributed by atoms with van der Waals surface area (Å²) in [6, 6.07) is 5.63. The molecular formula is C10H14Cl2N4. The second-order valence-corrected chi connectivity index (χ2v) is 3.22. The summed E-state index contributed by atoms with van der Waals surface area (Å²) in [5.74, 6) is 0. The van der Waals surface area contributed by atoms with E-state index in [-0.39, 0.29) is 24.8 Å². The molecule has 0 aliphatic rings. The van der Waals surface area contributed by atoms with Crippen molar-refractivity contribution in [2.24, 2.45) is 0 Å². The summed E-state index contributed by atoms with van der Waals surface area (Å²) in [6.07, 6.45) is 3.59. The number of halogens is 2. The maximum Gasteiger partial charge on any atom is 0.0670 e. The molecule has 6 heteroatoms. The van der Waals surface area contributed by atoms with E-state index in [0.29, 0.717) is 11.4 Å². The highest BCUT2D eigenvalue weighted by Crippen LogP contribution is 2.23. The molecule has 2 rings (SSSR count). The van der Waals surface area contributed by atoms with E-state index < -0.39 is 0 Å². The molecule has 0 bridgehead atoms. The normalized spacial score (nSPS) is 9.06. The van der Waals surface area contributed by atoms with Crippen LogP contribution in [0.15, 0.2) is 30.6 Å². The largest absolute Gasteiger partial charge is 0.397 e. The lowest BCUT2D eigenvalue weighted by Crippen LogP contribution is -2.01. The monoisotopic (exact) mass is 260 g/mol. The first-order chi connectivity index (χ1) is 6.68. The Morgan fingerprint density at radius 3 is 2.38 bits per heavy atom. The first-order valence-electron chi connectivity index (χ1n) is 4.34. The molecule has 0 fully saturated rings. The average molecular weight is 261 g/mol. The zero-order chi connectivity index (χ0) is 10.1. The van der Waals surface area contributed by atoms with E-state index in [1.54, 1.807) is 10.9 Å². The summed E-state index contributed by atoms with van der Waals surface area (Å²) in [4.78, 5) is 0. The van der Waals surface area contributed by atoms with Gasteiger partial charge in [0, 0.05) is 12.4 Å². The molecule has 0 atom stereocenters. The first-order valence-corrected chi connectivity index (χ1v) is 4.34. The minimum Gasteiger partial charge on any atom is -0.397 e. The molecule has 1 aromatic carbocycles. The number of hydrogen-bond acceptors (Lipinski definition) is 3. The van der Waals surface area contributed by atoms with Crippen LogP contribution in [0.2, 0.25) is 0 Å². The lowest BCUT2D eigenvalue weighted by molar-refractivity contribution is 0.880. The van der Waals surface area contributed by atoms with Crippen molar-refractivity contribution in [2.45, 2.75) is 6.92 Å². The number of benzene rings is 1. The Balaban J connectivity index is 0.00000112. The SMILES string of the molecule is Cc1cc(-n2cccn2)cc(N)c1N.Cl.Cl. The van der Waals surface area contributed by atoms with Crippen LogP contribution in [0.4, 0.5) is 11.4 Å². The summed E-state index contributed by atoms with van der Waals surface area (Å²) in [5, 5.41) is 4.12. The fourth-order valence-corrected chi connectivity index (χ4v) is 1.36. The molecule has 16 heavy (non-hydrogen) atoms. The fraction of sp³-hybridized carbons (Fsp3) is 0.100. The third kappa shape index (κ3) is 2.59. The number of nitrogens with zero attached hydrogens (tertiary/aromatic N) is 2. The van der Waals surface area contributed by atoms with Gasteiger partial charge in [0.1, 0.15) is 0 Å². The van der Waals surface area contributed by atoms with Crippen molar-refractivity contribution in [3.8, 4) is 5.69 Å². The topological polar surface area (TPSA) is 69.9 Å². The highest BCUT2D eigenvalue weighted by atomic mass is 35.5. The number of nitrogens with two attached hydrogens (primary N) is 2. The average Bonchev–Trinajstić information content (AvgIpc) is 2.66. The van der Waals surface area contributed by atoms with Crippen LogP contribution in [0.1, 0.15) is 5.56 Å². The highest BCUT2D eigenvalue weighted by molar-refractivity contribution is 5.85. The van der Waals surface area contributed by atoms with Crippen LogP contribution in [-0.2, 0) is 0 Å². The molecule has 0 aliphatic heterocycles. The minimum atomic E-state index is 0. The van der Waals surface area contributed by atoms with Crippen molar-refractivity contribution in [2.75, 3.05) is 11.5 Å². The van der Waals surface area contributed by atoms with Crippen molar-refractivity contribution in [1.82, 2.24) is 9.78 Å². The van der Waals surface area contributed by atoms with Gasteiger partial charge in [0.15, 0.2) is 0 Å². The van der Waals surface area contributed by atoms with E-state index in [9.17, 15) is 0 Å². The zero-order valence-electron chi connectivity index (χ0n) is 8.75. The zero-order valence-corrected chi connectivity index (χ0v) is 10.4. The molecule has 0 radical (unpaired) electrons. The predicted molar refractivity (Wildman–Crippen MR) is 71.6 cm³/mol. The molecule has 0 spiro atoms. The summed E-state index contributed by atoms with van der Waals surface area (Å²) in [5.41, 5.74) is 14.6. The van der Waals surface area contributed by atoms with E-state index in [2.05, 4.69) is 5.10 Å². The van der Waals surface area contributed by atoms with Crippen LogP contribution in [0.5, 0.6) is 0 Å². The van der Waals surface area contributed by atoms with Crippen molar-refractivity contribution < 1.29 is 0 Å². The lowest BCUT2D eigenvalue weighted by Gasteiger charge is -2.08. The van der Waals surface area contributed by atoms with Gasteiger partial charge < -0.3 is 11.5 Å². The smallest absolute Gasteiger partial charge is 0.0670 e. The number of nitrogen functional groups attached to an aromatic ring is 2. The molecule has 4 nitrogen and oxygen atoms in total. The van der Waals surface area contributed by atoms with Crippen molar-refractivity contribution >= 4 is 36.2 Å². The van der Waals surface area contributed by atoms with Crippen LogP contribution >= 0.6 is 24.8 Å². The number of aromatic nitrogens is 2. The van der Waals surface area contributed by atoms with Gasteiger partial charge in [-0.2, -0.15) is 5.10 Å². The minimum absolute atomic E-state index is 0. The summed E-state index contributed by atoms with van der Waals surface area (Å²) in [6.45, 7) is 1.93. The van der Waals surface area contributed by atoms with Gasteiger partial charge >= 0.3 is 0 Å². The Labute approximate surface area is 106 Å². The van der Waals surface area contributed by atoms with Gasteiger partial charge in [-0.05, 0) is 30.7 Å². The number of anilines is 2. The van der Waals surface area contributed by atoms with Crippen LogP contribution in [0, 0.1) is 6.92 Å². The van der Waals surface area contributed by atoms with Gasteiger partial charge in [-0.3, -0.25) is 0 Å². The lowest BCUT2D eigenvalue weighted by atomic mass is 10.1. The fourth-order valence-electron chi connectivity index (χ4n) is 1.36. The van der Waals surface area contributed by atoms with Crippen LogP contribution in [-0.4, -0.2) is 9.78 Å². The molecule has 1 aromatic heterocycles. The van der Waals surface area contributed by atoms with E-state index in [1.165, 1.54) is 0 Å². The van der Waals surface area contributed by atoms with Crippen molar-refractivity contribution in [1.29, 1.82) is 0 Å². The number of aryl methyl sites for hydroxylation is 1. The van der Waals surface area contributed by atoms with Crippen LogP contribution < -0.4 is 11.5 Å². The number of hydrogen-bond donors (Lipinski definition) is 2. The highest BCUT2D eigenvalue weighted by Gasteiger charge is 2.03. The molecule has 0 aliphatic carbocycles. The Bertz CT molecular complexity index is 431. The van der Waals surface area contributed by atoms with E-state index >= 15 is 0 Å². The standard InChI is InChI=1S/C10H12N4.2ClH/c1-7-5-8(6-9(11)10(7)12)14-4-2-3-13-14;;/h2-6H,11-12H2,1H3;2*1H. The van der Waals surface area contributed by atoms with E-state index in [4.69, 9.17) is 11.5 Å². The van der Waals surface area contributed by atoms with Gasteiger partial charge in [-0.1, -0.05) is 0 Å². The molecule has 1 heterocycles. The summed E-state index contributed by atoms with van der Waals surface area (Å²) in [7, 11) is 0. The van der Waals surface area contributed by atoms with Gasteiger partial charge in [0.05, 0.1) is 17.1 Å². The van der Waals surface area contributed by atoms with Gasteiger partial charge in [0.2, 0.25) is 0 Å². The van der Waals surface area contributed by atoms with Crippen molar-refractivity contribution in [3.05, 3.63) is 36.2 Å². The molecule has 0 unspecified atom stereocenters. The Kier molecular flexibility index (Phi) is 5.14. The quantitative estimate of drug-likeness (QED) is 0.773. The predicted octanol–water partition coefficient (Wildman–Crippen LogP) is 2.19. The molecule has 88 valence electrons. The third-order valence-corrected chi connectivity index (χ3v) is 2.17. The second kappa shape index (κ2) is 5.63. The molecular weight excluding hydrogens is 247 g/mol. The maximum atomic E-state index is 5.76. The summed E-state index contributed by atoms with van der Waals surface area (Å²) >= 11 is 0. The summed E-state index contributed by atoms with van der Waals surface area (Å²) < 4.78 is 1.75. The molecule has 0 amide bonds.